The van der Waals surface area contributed by atoms with Gasteiger partial charge in [0, 0.05) is 42.7 Å². The van der Waals surface area contributed by atoms with Gasteiger partial charge in [0.2, 0.25) is 10.0 Å². The van der Waals surface area contributed by atoms with Crippen LogP contribution in [0.4, 0.5) is 21.9 Å². The number of amides is 2. The summed E-state index contributed by atoms with van der Waals surface area (Å²) >= 11 is 0. The van der Waals surface area contributed by atoms with Crippen molar-refractivity contribution in [3.05, 3.63) is 54.1 Å². The lowest BCUT2D eigenvalue weighted by Gasteiger charge is -2.32. The molecule has 2 N–H and O–H groups in total. The summed E-state index contributed by atoms with van der Waals surface area (Å²) in [6.45, 7) is 1.95. The predicted octanol–water partition coefficient (Wildman–Crippen LogP) is 2.93. The van der Waals surface area contributed by atoms with Gasteiger partial charge in [-0.05, 0) is 55.2 Å². The maximum Gasteiger partial charge on any atom is 0.321 e. The van der Waals surface area contributed by atoms with Crippen molar-refractivity contribution in [3.63, 3.8) is 0 Å². The number of nitrogens with zero attached hydrogens (tertiary/aromatic N) is 2. The van der Waals surface area contributed by atoms with Crippen LogP contribution in [0.3, 0.4) is 0 Å². The number of urea groups is 1. The van der Waals surface area contributed by atoms with Gasteiger partial charge in [-0.15, -0.1) is 0 Å². The quantitative estimate of drug-likeness (QED) is 0.806. The molecule has 2 heterocycles. The first-order chi connectivity index (χ1) is 13.9. The third-order valence-electron chi connectivity index (χ3n) is 5.41. The SMILES string of the molecule is CS(=O)(=O)NC1CCCN(C(=O)Nc2ccc(N3CCc4ccccc43)cc2)C1. The molecular formula is C21H26N4O3S. The zero-order chi connectivity index (χ0) is 20.4. The molecule has 1 fully saturated rings. The molecule has 2 aromatic rings. The predicted molar refractivity (Wildman–Crippen MR) is 115 cm³/mol. The monoisotopic (exact) mass is 414 g/mol. The summed E-state index contributed by atoms with van der Waals surface area (Å²) in [7, 11) is -3.28. The number of carbonyl (C=O) groups is 1. The van der Waals surface area contributed by atoms with Crippen molar-refractivity contribution < 1.29 is 13.2 Å². The van der Waals surface area contributed by atoms with Crippen LogP contribution in [-0.2, 0) is 16.4 Å². The fourth-order valence-electron chi connectivity index (χ4n) is 4.09. The molecule has 2 aromatic carbocycles. The number of sulfonamides is 1. The van der Waals surface area contributed by atoms with Crippen LogP contribution in [-0.4, -0.2) is 51.3 Å². The Labute approximate surface area is 171 Å². The maximum atomic E-state index is 12.6. The van der Waals surface area contributed by atoms with Gasteiger partial charge in [0.15, 0.2) is 0 Å². The molecule has 29 heavy (non-hydrogen) atoms. The molecule has 8 heteroatoms. The van der Waals surface area contributed by atoms with E-state index in [0.717, 1.165) is 43.4 Å². The molecule has 4 rings (SSSR count). The minimum absolute atomic E-state index is 0.204. The number of nitrogens with one attached hydrogen (secondary N) is 2. The fraction of sp³-hybridized carbons (Fsp3) is 0.381. The molecule has 0 bridgehead atoms. The summed E-state index contributed by atoms with van der Waals surface area (Å²) in [5, 5.41) is 2.92. The van der Waals surface area contributed by atoms with Gasteiger partial charge in [0.1, 0.15) is 0 Å². The molecule has 1 unspecified atom stereocenters. The van der Waals surface area contributed by atoms with Gasteiger partial charge < -0.3 is 15.1 Å². The van der Waals surface area contributed by atoms with Crippen LogP contribution in [0.25, 0.3) is 0 Å². The minimum Gasteiger partial charge on any atom is -0.341 e. The highest BCUT2D eigenvalue weighted by Crippen LogP contribution is 2.34. The third-order valence-corrected chi connectivity index (χ3v) is 6.17. The highest BCUT2D eigenvalue weighted by Gasteiger charge is 2.25. The largest absolute Gasteiger partial charge is 0.341 e. The van der Waals surface area contributed by atoms with Crippen LogP contribution in [0.2, 0.25) is 0 Å². The lowest BCUT2D eigenvalue weighted by Crippen LogP contribution is -2.50. The van der Waals surface area contributed by atoms with E-state index < -0.39 is 10.0 Å². The van der Waals surface area contributed by atoms with Gasteiger partial charge >= 0.3 is 6.03 Å². The normalized spacial score (nSPS) is 19.1. The smallest absolute Gasteiger partial charge is 0.321 e. The van der Waals surface area contributed by atoms with Crippen molar-refractivity contribution in [2.45, 2.75) is 25.3 Å². The van der Waals surface area contributed by atoms with Crippen molar-refractivity contribution in [1.82, 2.24) is 9.62 Å². The first kappa shape index (κ1) is 19.7. The molecule has 2 aliphatic heterocycles. The molecule has 154 valence electrons. The first-order valence-corrected chi connectivity index (χ1v) is 11.8. The molecule has 1 saturated heterocycles. The van der Waals surface area contributed by atoms with Crippen LogP contribution < -0.4 is 14.9 Å². The van der Waals surface area contributed by atoms with E-state index in [9.17, 15) is 13.2 Å². The van der Waals surface area contributed by atoms with Crippen molar-refractivity contribution >= 4 is 33.1 Å². The Bertz CT molecular complexity index is 991. The van der Waals surface area contributed by atoms with Crippen molar-refractivity contribution in [2.75, 3.05) is 36.1 Å². The second-order valence-electron chi connectivity index (χ2n) is 7.68. The van der Waals surface area contributed by atoms with Gasteiger partial charge in [-0.1, -0.05) is 18.2 Å². The van der Waals surface area contributed by atoms with Gasteiger partial charge in [-0.25, -0.2) is 17.9 Å². The van der Waals surface area contributed by atoms with E-state index in [1.54, 1.807) is 4.90 Å². The molecule has 0 aliphatic carbocycles. The number of piperidine rings is 1. The van der Waals surface area contributed by atoms with Crippen LogP contribution in [0.15, 0.2) is 48.5 Å². The van der Waals surface area contributed by atoms with E-state index in [1.165, 1.54) is 11.3 Å². The Morgan fingerprint density at radius 2 is 1.83 bits per heavy atom. The average Bonchev–Trinajstić information content (AvgIpc) is 3.12. The number of hydrogen-bond acceptors (Lipinski definition) is 4. The molecule has 2 amide bonds. The number of fused-ring (bicyclic) bond motifs is 1. The van der Waals surface area contributed by atoms with E-state index in [1.807, 2.05) is 24.3 Å². The number of benzene rings is 2. The van der Waals surface area contributed by atoms with Gasteiger partial charge in [0.05, 0.1) is 6.26 Å². The Morgan fingerprint density at radius 1 is 1.07 bits per heavy atom. The Hall–Kier alpha value is -2.58. The van der Waals surface area contributed by atoms with Gasteiger partial charge in [0.25, 0.3) is 0 Å². The molecule has 0 aromatic heterocycles. The standard InChI is InChI=1S/C21H26N4O3S/c1-29(27,28)23-18-6-4-13-24(15-18)21(26)22-17-8-10-19(11-9-17)25-14-12-16-5-2-3-7-20(16)25/h2-3,5,7-11,18,23H,4,6,12-15H2,1H3,(H,22,26). The van der Waals surface area contributed by atoms with Crippen LogP contribution in [0.1, 0.15) is 18.4 Å². The van der Waals surface area contributed by atoms with E-state index in [2.05, 4.69) is 39.2 Å². The minimum atomic E-state index is -3.28. The summed E-state index contributed by atoms with van der Waals surface area (Å²) < 4.78 is 25.5. The summed E-state index contributed by atoms with van der Waals surface area (Å²) in [4.78, 5) is 16.6. The Morgan fingerprint density at radius 3 is 2.59 bits per heavy atom. The van der Waals surface area contributed by atoms with Crippen LogP contribution in [0.5, 0.6) is 0 Å². The second-order valence-corrected chi connectivity index (χ2v) is 9.46. The number of carbonyl (C=O) groups excluding carboxylic acids is 1. The lowest BCUT2D eigenvalue weighted by atomic mass is 10.1. The molecule has 0 spiro atoms. The van der Waals surface area contributed by atoms with Crippen LogP contribution >= 0.6 is 0 Å². The molecule has 0 saturated carbocycles. The molecule has 1 atom stereocenters. The second kappa shape index (κ2) is 8.04. The molecule has 2 aliphatic rings. The summed E-state index contributed by atoms with van der Waals surface area (Å²) in [6.07, 6.45) is 3.69. The van der Waals surface area contributed by atoms with Crippen molar-refractivity contribution in [3.8, 4) is 0 Å². The van der Waals surface area contributed by atoms with Crippen LogP contribution in [0, 0.1) is 0 Å². The Kier molecular flexibility index (Phi) is 5.47. The lowest BCUT2D eigenvalue weighted by molar-refractivity contribution is 0.190. The van der Waals surface area contributed by atoms with Crippen molar-refractivity contribution in [2.24, 2.45) is 0 Å². The summed E-state index contributed by atoms with van der Waals surface area (Å²) in [6, 6.07) is 15.8. The first-order valence-electron chi connectivity index (χ1n) is 9.88. The number of hydrogen-bond donors (Lipinski definition) is 2. The average molecular weight is 415 g/mol. The zero-order valence-corrected chi connectivity index (χ0v) is 17.3. The van der Waals surface area contributed by atoms with E-state index >= 15 is 0 Å². The highest BCUT2D eigenvalue weighted by atomic mass is 32.2. The summed E-state index contributed by atoms with van der Waals surface area (Å²) in [5.41, 5.74) is 4.42. The zero-order valence-electron chi connectivity index (χ0n) is 16.5. The van der Waals surface area contributed by atoms with Gasteiger partial charge in [-0.3, -0.25) is 0 Å². The maximum absolute atomic E-state index is 12.6. The number of para-hydroxylation sites is 1. The van der Waals surface area contributed by atoms with E-state index in [0.29, 0.717) is 13.1 Å². The molecular weight excluding hydrogens is 388 g/mol. The van der Waals surface area contributed by atoms with Gasteiger partial charge in [-0.2, -0.15) is 0 Å². The number of likely N-dealkylation sites (tertiary alicyclic amines) is 1. The molecule has 7 nitrogen and oxygen atoms in total. The molecule has 0 radical (unpaired) electrons. The fourth-order valence-corrected chi connectivity index (χ4v) is 4.89. The van der Waals surface area contributed by atoms with Crippen molar-refractivity contribution in [1.29, 1.82) is 0 Å². The topological polar surface area (TPSA) is 81.8 Å². The number of anilines is 3. The van der Waals surface area contributed by atoms with E-state index in [4.69, 9.17) is 0 Å². The third kappa shape index (κ3) is 4.71. The van der Waals surface area contributed by atoms with E-state index in [-0.39, 0.29) is 12.1 Å². The summed E-state index contributed by atoms with van der Waals surface area (Å²) in [5.74, 6) is 0. The number of rotatable bonds is 4. The highest BCUT2D eigenvalue weighted by molar-refractivity contribution is 7.88. The Balaban J connectivity index is 1.38.